The zero-order chi connectivity index (χ0) is 20.4. The quantitative estimate of drug-likeness (QED) is 0.642. The van der Waals surface area contributed by atoms with Gasteiger partial charge in [0, 0.05) is 11.9 Å². The van der Waals surface area contributed by atoms with Crippen molar-refractivity contribution in [2.45, 2.75) is 13.8 Å². The molecule has 0 spiro atoms. The molecule has 0 saturated heterocycles. The van der Waals surface area contributed by atoms with Gasteiger partial charge in [-0.2, -0.15) is 5.26 Å². The number of nitriles is 1. The molecule has 0 unspecified atom stereocenters. The van der Waals surface area contributed by atoms with Crippen molar-refractivity contribution < 1.29 is 14.3 Å². The summed E-state index contributed by atoms with van der Waals surface area (Å²) < 4.78 is 12.2. The molecule has 0 aliphatic carbocycles. The maximum absolute atomic E-state index is 12.1. The summed E-state index contributed by atoms with van der Waals surface area (Å²) in [6, 6.07) is 12.9. The molecule has 7 heteroatoms. The number of benzene rings is 2. The third-order valence-electron chi connectivity index (χ3n) is 4.29. The van der Waals surface area contributed by atoms with E-state index in [4.69, 9.17) is 26.8 Å². The van der Waals surface area contributed by atoms with Crippen LogP contribution in [0.15, 0.2) is 42.6 Å². The number of nitrogens with zero attached hydrogens (tertiary/aromatic N) is 2. The summed E-state index contributed by atoms with van der Waals surface area (Å²) in [5, 5.41) is 9.57. The highest BCUT2D eigenvalue weighted by Crippen LogP contribution is 2.34. The maximum Gasteiger partial charge on any atom is 0.357 e. The van der Waals surface area contributed by atoms with Crippen LogP contribution in [0.25, 0.3) is 5.69 Å². The Bertz CT molecular complexity index is 1110. The van der Waals surface area contributed by atoms with Crippen molar-refractivity contribution in [3.8, 4) is 23.3 Å². The summed E-state index contributed by atoms with van der Waals surface area (Å²) >= 11 is 6.41. The molecule has 6 nitrogen and oxygen atoms in total. The van der Waals surface area contributed by atoms with E-state index in [2.05, 4.69) is 0 Å². The predicted molar refractivity (Wildman–Crippen MR) is 107 cm³/mol. The predicted octanol–water partition coefficient (Wildman–Crippen LogP) is 4.78. The Morgan fingerprint density at radius 2 is 1.89 bits per heavy atom. The molecule has 0 atom stereocenters. The standard InChI is InChI=1S/C21H18ClN3O3/c1-12-4-6-17(13(2)8-12)28-18-7-5-15(9-16(18)22)25-11-14(10-23)19(24)20(25)21(26)27-3/h4-9,11H,24H2,1-3H3. The van der Waals surface area contributed by atoms with Crippen molar-refractivity contribution in [3.05, 3.63) is 70.0 Å². The summed E-state index contributed by atoms with van der Waals surface area (Å²) in [7, 11) is 1.25. The van der Waals surface area contributed by atoms with Crippen molar-refractivity contribution in [1.29, 1.82) is 5.26 Å². The van der Waals surface area contributed by atoms with E-state index in [0.29, 0.717) is 22.2 Å². The lowest BCUT2D eigenvalue weighted by Gasteiger charge is -2.13. The Morgan fingerprint density at radius 1 is 1.18 bits per heavy atom. The molecule has 0 amide bonds. The van der Waals surface area contributed by atoms with Crippen molar-refractivity contribution in [2.24, 2.45) is 0 Å². The second-order valence-electron chi connectivity index (χ2n) is 6.26. The lowest BCUT2D eigenvalue weighted by Crippen LogP contribution is -2.11. The van der Waals surface area contributed by atoms with E-state index in [-0.39, 0.29) is 16.9 Å². The Kier molecular flexibility index (Phi) is 5.30. The summed E-state index contributed by atoms with van der Waals surface area (Å²) in [4.78, 5) is 12.1. The van der Waals surface area contributed by atoms with Gasteiger partial charge in [-0.05, 0) is 43.7 Å². The molecule has 0 saturated carbocycles. The molecule has 3 aromatic rings. The normalized spacial score (nSPS) is 10.4. The van der Waals surface area contributed by atoms with Crippen LogP contribution in [-0.4, -0.2) is 17.6 Å². The molecule has 0 fully saturated rings. The van der Waals surface area contributed by atoms with Gasteiger partial charge < -0.3 is 19.8 Å². The Hall–Kier alpha value is -3.43. The monoisotopic (exact) mass is 395 g/mol. The van der Waals surface area contributed by atoms with Crippen molar-refractivity contribution in [2.75, 3.05) is 12.8 Å². The van der Waals surface area contributed by atoms with Crippen LogP contribution in [0.3, 0.4) is 0 Å². The van der Waals surface area contributed by atoms with Crippen LogP contribution in [0.5, 0.6) is 11.5 Å². The highest BCUT2D eigenvalue weighted by Gasteiger charge is 2.22. The number of nitrogens with two attached hydrogens (primary N) is 1. The zero-order valence-electron chi connectivity index (χ0n) is 15.6. The van der Waals surface area contributed by atoms with E-state index in [1.165, 1.54) is 17.9 Å². The summed E-state index contributed by atoms with van der Waals surface area (Å²) in [5.74, 6) is 0.524. The number of aromatic nitrogens is 1. The van der Waals surface area contributed by atoms with E-state index in [9.17, 15) is 10.1 Å². The van der Waals surface area contributed by atoms with Crippen molar-refractivity contribution in [1.82, 2.24) is 4.57 Å². The number of nitrogen functional groups attached to an aromatic ring is 1. The van der Waals surface area contributed by atoms with Gasteiger partial charge in [0.2, 0.25) is 0 Å². The van der Waals surface area contributed by atoms with Crippen LogP contribution in [0.4, 0.5) is 5.69 Å². The van der Waals surface area contributed by atoms with Gasteiger partial charge in [-0.15, -0.1) is 0 Å². The Morgan fingerprint density at radius 3 is 2.50 bits per heavy atom. The first kappa shape index (κ1) is 19.3. The topological polar surface area (TPSA) is 90.3 Å². The highest BCUT2D eigenvalue weighted by molar-refractivity contribution is 6.32. The molecule has 2 aromatic carbocycles. The molecule has 3 rings (SSSR count). The largest absolute Gasteiger partial charge is 0.464 e. The number of ether oxygens (including phenoxy) is 2. The van der Waals surface area contributed by atoms with Crippen LogP contribution >= 0.6 is 11.6 Å². The Balaban J connectivity index is 2.01. The van der Waals surface area contributed by atoms with E-state index >= 15 is 0 Å². The summed E-state index contributed by atoms with van der Waals surface area (Å²) in [6.45, 7) is 3.97. The number of esters is 1. The number of rotatable bonds is 4. The molecule has 0 aliphatic rings. The minimum Gasteiger partial charge on any atom is -0.464 e. The highest BCUT2D eigenvalue weighted by atomic mass is 35.5. The van der Waals surface area contributed by atoms with Gasteiger partial charge in [0.05, 0.1) is 23.4 Å². The minimum atomic E-state index is -0.647. The average molecular weight is 396 g/mol. The van der Waals surface area contributed by atoms with Crippen LogP contribution in [0.1, 0.15) is 27.2 Å². The van der Waals surface area contributed by atoms with Gasteiger partial charge in [-0.1, -0.05) is 29.3 Å². The lowest BCUT2D eigenvalue weighted by molar-refractivity contribution is 0.0593. The lowest BCUT2D eigenvalue weighted by atomic mass is 10.1. The first-order valence-electron chi connectivity index (χ1n) is 8.40. The van der Waals surface area contributed by atoms with Crippen molar-refractivity contribution in [3.63, 3.8) is 0 Å². The first-order valence-corrected chi connectivity index (χ1v) is 8.77. The molecule has 0 aliphatic heterocycles. The van der Waals surface area contributed by atoms with Gasteiger partial charge in [0.15, 0.2) is 5.69 Å². The fourth-order valence-corrected chi connectivity index (χ4v) is 3.09. The van der Waals surface area contributed by atoms with Gasteiger partial charge >= 0.3 is 5.97 Å². The summed E-state index contributed by atoms with van der Waals surface area (Å²) in [6.07, 6.45) is 1.47. The molecule has 0 bridgehead atoms. The average Bonchev–Trinajstić information content (AvgIpc) is 3.01. The fourth-order valence-electron chi connectivity index (χ4n) is 2.87. The first-order chi connectivity index (χ1) is 13.3. The van der Waals surface area contributed by atoms with Crippen molar-refractivity contribution >= 4 is 23.3 Å². The molecule has 2 N–H and O–H groups in total. The third-order valence-corrected chi connectivity index (χ3v) is 4.58. The van der Waals surface area contributed by atoms with E-state index in [1.54, 1.807) is 18.2 Å². The summed E-state index contributed by atoms with van der Waals surface area (Å²) in [5.41, 5.74) is 8.90. The fraction of sp³-hybridized carbons (Fsp3) is 0.143. The molecular formula is C21H18ClN3O3. The number of hydrogen-bond donors (Lipinski definition) is 1. The van der Waals surface area contributed by atoms with Crippen LogP contribution < -0.4 is 10.5 Å². The van der Waals surface area contributed by atoms with Gasteiger partial charge in [-0.3, -0.25) is 0 Å². The van der Waals surface area contributed by atoms with Gasteiger partial charge in [0.25, 0.3) is 0 Å². The molecule has 142 valence electrons. The Labute approximate surface area is 167 Å². The number of aryl methyl sites for hydroxylation is 2. The van der Waals surface area contributed by atoms with E-state index in [1.807, 2.05) is 38.1 Å². The van der Waals surface area contributed by atoms with Gasteiger partial charge in [0.1, 0.15) is 17.6 Å². The van der Waals surface area contributed by atoms with E-state index < -0.39 is 5.97 Å². The molecular weight excluding hydrogens is 378 g/mol. The molecule has 1 aromatic heterocycles. The molecule has 0 radical (unpaired) electrons. The number of anilines is 1. The van der Waals surface area contributed by atoms with E-state index in [0.717, 1.165) is 11.1 Å². The number of halogens is 1. The molecule has 1 heterocycles. The van der Waals surface area contributed by atoms with Crippen LogP contribution in [0, 0.1) is 25.2 Å². The van der Waals surface area contributed by atoms with Crippen LogP contribution in [0.2, 0.25) is 5.02 Å². The number of hydrogen-bond acceptors (Lipinski definition) is 5. The third kappa shape index (κ3) is 3.53. The molecule has 28 heavy (non-hydrogen) atoms. The van der Waals surface area contributed by atoms with Crippen LogP contribution in [-0.2, 0) is 4.74 Å². The maximum atomic E-state index is 12.1. The number of carbonyl (C=O) groups excluding carboxylic acids is 1. The van der Waals surface area contributed by atoms with Gasteiger partial charge in [-0.25, -0.2) is 4.79 Å². The number of carbonyl (C=O) groups is 1. The minimum absolute atomic E-state index is 0.0566. The zero-order valence-corrected chi connectivity index (χ0v) is 16.4. The second-order valence-corrected chi connectivity index (χ2v) is 6.67. The second kappa shape index (κ2) is 7.67. The number of methoxy groups -OCH3 is 1. The smallest absolute Gasteiger partial charge is 0.357 e. The SMILES string of the molecule is COC(=O)c1c(N)c(C#N)cn1-c1ccc(Oc2ccc(C)cc2C)c(Cl)c1.